The highest BCUT2D eigenvalue weighted by Gasteiger charge is 2.18. The monoisotopic (exact) mass is 310 g/mol. The van der Waals surface area contributed by atoms with Gasteiger partial charge in [0.25, 0.3) is 5.91 Å². The van der Waals surface area contributed by atoms with Crippen molar-refractivity contribution < 1.29 is 9.21 Å². The predicted molar refractivity (Wildman–Crippen MR) is 85.1 cm³/mol. The molecule has 5 heteroatoms. The van der Waals surface area contributed by atoms with Crippen molar-refractivity contribution in [3.05, 3.63) is 64.4 Å². The summed E-state index contributed by atoms with van der Waals surface area (Å²) in [6, 6.07) is 13.9. The molecule has 0 atom stereocenters. The van der Waals surface area contributed by atoms with Gasteiger partial charge in [-0.25, -0.2) is 0 Å². The van der Waals surface area contributed by atoms with Gasteiger partial charge in [0.1, 0.15) is 5.58 Å². The lowest BCUT2D eigenvalue weighted by molar-refractivity contribution is 0.0998. The summed E-state index contributed by atoms with van der Waals surface area (Å²) in [5.74, 6) is -0.125. The van der Waals surface area contributed by atoms with Gasteiger partial charge in [-0.1, -0.05) is 17.7 Å². The van der Waals surface area contributed by atoms with Crippen LogP contribution in [0.1, 0.15) is 21.7 Å². The fourth-order valence-corrected chi connectivity index (χ4v) is 2.44. The summed E-state index contributed by atoms with van der Waals surface area (Å²) < 4.78 is 5.61. The number of rotatable bonds is 2. The van der Waals surface area contributed by atoms with E-state index in [1.165, 1.54) is 0 Å². The molecule has 1 aromatic heterocycles. The first kappa shape index (κ1) is 14.2. The van der Waals surface area contributed by atoms with E-state index >= 15 is 0 Å². The van der Waals surface area contributed by atoms with Gasteiger partial charge in [-0.3, -0.25) is 4.79 Å². The number of anilines is 1. The number of aryl methyl sites for hydroxylation is 1. The van der Waals surface area contributed by atoms with Crippen LogP contribution < -0.4 is 5.32 Å². The summed E-state index contributed by atoms with van der Waals surface area (Å²) >= 11 is 5.97. The van der Waals surface area contributed by atoms with Crippen LogP contribution in [0.5, 0.6) is 0 Å². The number of halogens is 1. The van der Waals surface area contributed by atoms with Crippen molar-refractivity contribution >= 4 is 34.2 Å². The second kappa shape index (κ2) is 5.55. The highest BCUT2D eigenvalue weighted by molar-refractivity contribution is 6.31. The second-order valence-electron chi connectivity index (χ2n) is 4.84. The second-order valence-corrected chi connectivity index (χ2v) is 5.28. The zero-order chi connectivity index (χ0) is 15.7. The van der Waals surface area contributed by atoms with Gasteiger partial charge in [0, 0.05) is 21.7 Å². The smallest absolute Gasteiger partial charge is 0.291 e. The number of nitriles is 1. The van der Waals surface area contributed by atoms with Crippen LogP contribution in [0.25, 0.3) is 11.0 Å². The number of amides is 1. The lowest BCUT2D eigenvalue weighted by atomic mass is 10.1. The third-order valence-electron chi connectivity index (χ3n) is 3.35. The van der Waals surface area contributed by atoms with E-state index in [1.807, 2.05) is 13.0 Å². The molecular formula is C17H11ClN2O2. The molecule has 4 nitrogen and oxygen atoms in total. The van der Waals surface area contributed by atoms with E-state index in [0.717, 1.165) is 10.9 Å². The molecule has 2 aromatic carbocycles. The van der Waals surface area contributed by atoms with Crippen LogP contribution in [-0.2, 0) is 0 Å². The molecule has 0 fully saturated rings. The Morgan fingerprint density at radius 3 is 2.86 bits per heavy atom. The lowest BCUT2D eigenvalue weighted by Gasteiger charge is -2.03. The highest BCUT2D eigenvalue weighted by atomic mass is 35.5. The van der Waals surface area contributed by atoms with E-state index in [9.17, 15) is 4.79 Å². The maximum Gasteiger partial charge on any atom is 0.291 e. The Labute approximate surface area is 131 Å². The number of furan rings is 1. The summed E-state index contributed by atoms with van der Waals surface area (Å²) in [6.07, 6.45) is 0. The average molecular weight is 311 g/mol. The van der Waals surface area contributed by atoms with Crippen LogP contribution in [0.4, 0.5) is 5.69 Å². The topological polar surface area (TPSA) is 66.0 Å². The van der Waals surface area contributed by atoms with Crippen LogP contribution in [-0.4, -0.2) is 5.91 Å². The Morgan fingerprint density at radius 1 is 1.27 bits per heavy atom. The third kappa shape index (κ3) is 2.54. The maximum atomic E-state index is 12.4. The Kier molecular flexibility index (Phi) is 3.58. The molecule has 0 spiro atoms. The Morgan fingerprint density at radius 2 is 2.09 bits per heavy atom. The van der Waals surface area contributed by atoms with Crippen molar-refractivity contribution in [1.29, 1.82) is 5.26 Å². The van der Waals surface area contributed by atoms with Gasteiger partial charge in [-0.15, -0.1) is 0 Å². The minimum absolute atomic E-state index is 0.236. The largest absolute Gasteiger partial charge is 0.451 e. The minimum Gasteiger partial charge on any atom is -0.451 e. The number of carbonyl (C=O) groups excluding carboxylic acids is 1. The number of benzene rings is 2. The van der Waals surface area contributed by atoms with Gasteiger partial charge in [-0.05, 0) is 43.3 Å². The van der Waals surface area contributed by atoms with Crippen LogP contribution in [0.2, 0.25) is 5.02 Å². The van der Waals surface area contributed by atoms with E-state index < -0.39 is 0 Å². The van der Waals surface area contributed by atoms with Crippen molar-refractivity contribution in [2.24, 2.45) is 0 Å². The molecule has 3 aromatic rings. The third-order valence-corrected chi connectivity index (χ3v) is 3.59. The first-order chi connectivity index (χ1) is 10.6. The fourth-order valence-electron chi connectivity index (χ4n) is 2.26. The normalized spacial score (nSPS) is 10.4. The minimum atomic E-state index is -0.361. The molecule has 22 heavy (non-hydrogen) atoms. The van der Waals surface area contributed by atoms with Gasteiger partial charge >= 0.3 is 0 Å². The van der Waals surface area contributed by atoms with Crippen LogP contribution in [0.15, 0.2) is 46.9 Å². The molecule has 0 unspecified atom stereocenters. The fraction of sp³-hybridized carbons (Fsp3) is 0.0588. The van der Waals surface area contributed by atoms with Crippen LogP contribution in [0, 0.1) is 18.3 Å². The molecule has 0 aliphatic heterocycles. The molecule has 3 rings (SSSR count). The standard InChI is InChI=1S/C17H11ClN2O2/c1-10-14-8-12(18)5-6-15(14)22-16(10)17(21)20-13-4-2-3-11(7-13)9-19/h2-8H,1H3,(H,20,21). The quantitative estimate of drug-likeness (QED) is 0.756. The van der Waals surface area contributed by atoms with Gasteiger partial charge in [0.05, 0.1) is 11.6 Å². The van der Waals surface area contributed by atoms with E-state index in [4.69, 9.17) is 21.3 Å². The van der Waals surface area contributed by atoms with Crippen molar-refractivity contribution in [3.8, 4) is 6.07 Å². The number of nitrogens with one attached hydrogen (secondary N) is 1. The van der Waals surface area contributed by atoms with Crippen LogP contribution in [0.3, 0.4) is 0 Å². The molecular weight excluding hydrogens is 300 g/mol. The van der Waals surface area contributed by atoms with Crippen molar-refractivity contribution in [1.82, 2.24) is 0 Å². The number of nitrogens with zero attached hydrogens (tertiary/aromatic N) is 1. The molecule has 0 aliphatic rings. The van der Waals surface area contributed by atoms with Crippen molar-refractivity contribution in [2.75, 3.05) is 5.32 Å². The maximum absolute atomic E-state index is 12.4. The number of hydrogen-bond donors (Lipinski definition) is 1. The number of carbonyl (C=O) groups is 1. The molecule has 1 amide bonds. The zero-order valence-electron chi connectivity index (χ0n) is 11.7. The zero-order valence-corrected chi connectivity index (χ0v) is 12.4. The molecule has 1 N–H and O–H groups in total. The van der Waals surface area contributed by atoms with E-state index in [2.05, 4.69) is 5.32 Å². The first-order valence-corrected chi connectivity index (χ1v) is 6.96. The Bertz CT molecular complexity index is 922. The molecule has 0 saturated carbocycles. The molecule has 0 saturated heterocycles. The lowest BCUT2D eigenvalue weighted by Crippen LogP contribution is -2.12. The molecule has 108 valence electrons. The SMILES string of the molecule is Cc1c(C(=O)Nc2cccc(C#N)c2)oc2ccc(Cl)cc12. The highest BCUT2D eigenvalue weighted by Crippen LogP contribution is 2.28. The molecule has 0 bridgehead atoms. The van der Waals surface area contributed by atoms with E-state index in [1.54, 1.807) is 42.5 Å². The Hall–Kier alpha value is -2.77. The first-order valence-electron chi connectivity index (χ1n) is 6.58. The predicted octanol–water partition coefficient (Wildman–Crippen LogP) is 4.52. The molecule has 0 aliphatic carbocycles. The summed E-state index contributed by atoms with van der Waals surface area (Å²) in [5.41, 5.74) is 2.36. The van der Waals surface area contributed by atoms with Gasteiger partial charge in [0.2, 0.25) is 0 Å². The summed E-state index contributed by atoms with van der Waals surface area (Å²) in [5, 5.41) is 13.0. The Balaban J connectivity index is 1.95. The van der Waals surface area contributed by atoms with Gasteiger partial charge < -0.3 is 9.73 Å². The average Bonchev–Trinajstić information content (AvgIpc) is 2.84. The molecule has 0 radical (unpaired) electrons. The summed E-state index contributed by atoms with van der Waals surface area (Å²) in [6.45, 7) is 1.81. The van der Waals surface area contributed by atoms with Gasteiger partial charge in [0.15, 0.2) is 5.76 Å². The summed E-state index contributed by atoms with van der Waals surface area (Å²) in [4.78, 5) is 12.4. The number of fused-ring (bicyclic) bond motifs is 1. The van der Waals surface area contributed by atoms with Crippen LogP contribution >= 0.6 is 11.6 Å². The van der Waals surface area contributed by atoms with E-state index in [-0.39, 0.29) is 11.7 Å². The van der Waals surface area contributed by atoms with Crippen molar-refractivity contribution in [2.45, 2.75) is 6.92 Å². The number of hydrogen-bond acceptors (Lipinski definition) is 3. The molecule has 1 heterocycles. The van der Waals surface area contributed by atoms with Crippen molar-refractivity contribution in [3.63, 3.8) is 0 Å². The van der Waals surface area contributed by atoms with Gasteiger partial charge in [-0.2, -0.15) is 5.26 Å². The van der Waals surface area contributed by atoms with E-state index in [0.29, 0.717) is 21.9 Å². The summed E-state index contributed by atoms with van der Waals surface area (Å²) in [7, 11) is 0.